The lowest BCUT2D eigenvalue weighted by Crippen LogP contribution is -2.32. The second-order valence-electron chi connectivity index (χ2n) is 6.62. The summed E-state index contributed by atoms with van der Waals surface area (Å²) in [5, 5.41) is 0. The van der Waals surface area contributed by atoms with Gasteiger partial charge >= 0.3 is 0 Å². The molecule has 0 atom stereocenters. The fraction of sp³-hybridized carbons (Fsp3) is 0.174. The first-order chi connectivity index (χ1) is 13.5. The minimum absolute atomic E-state index is 0.0151. The van der Waals surface area contributed by atoms with Gasteiger partial charge in [0.05, 0.1) is 10.6 Å². The molecule has 0 radical (unpaired) electrons. The van der Waals surface area contributed by atoms with E-state index in [9.17, 15) is 13.2 Å². The van der Waals surface area contributed by atoms with E-state index in [2.05, 4.69) is 0 Å². The maximum Gasteiger partial charge on any atom is 0.264 e. The van der Waals surface area contributed by atoms with E-state index < -0.39 is 10.0 Å². The molecule has 0 spiro atoms. The van der Waals surface area contributed by atoms with Gasteiger partial charge < -0.3 is 0 Å². The number of ketones is 1. The summed E-state index contributed by atoms with van der Waals surface area (Å²) in [6, 6.07) is 24.9. The predicted molar refractivity (Wildman–Crippen MR) is 112 cm³/mol. The lowest BCUT2D eigenvalue weighted by atomic mass is 10.1. The quantitative estimate of drug-likeness (QED) is 0.514. The van der Waals surface area contributed by atoms with Crippen LogP contribution in [0.1, 0.15) is 28.8 Å². The monoisotopic (exact) mass is 393 g/mol. The van der Waals surface area contributed by atoms with Crippen molar-refractivity contribution < 1.29 is 13.2 Å². The second-order valence-corrected chi connectivity index (χ2v) is 8.48. The van der Waals surface area contributed by atoms with Gasteiger partial charge in [-0.05, 0) is 37.6 Å². The van der Waals surface area contributed by atoms with E-state index in [1.807, 2.05) is 43.3 Å². The summed E-state index contributed by atoms with van der Waals surface area (Å²) < 4.78 is 27.8. The van der Waals surface area contributed by atoms with Crippen molar-refractivity contribution in [2.45, 2.75) is 24.7 Å². The standard InChI is InChI=1S/C23H23NO3S/c1-19-14-16-22(17-15-19)28(26,27)24(21-11-6-3-7-12-21)18-8-13-23(25)20-9-4-2-5-10-20/h2-7,9-12,14-17H,8,13,18H2,1H3. The van der Waals surface area contributed by atoms with Gasteiger partial charge in [-0.25, -0.2) is 8.42 Å². The molecule has 0 aliphatic rings. The molecule has 0 aliphatic heterocycles. The zero-order valence-electron chi connectivity index (χ0n) is 15.8. The van der Waals surface area contributed by atoms with Gasteiger partial charge in [0.1, 0.15) is 0 Å². The summed E-state index contributed by atoms with van der Waals surface area (Å²) in [5.74, 6) is 0.0151. The Morgan fingerprint density at radius 3 is 2.00 bits per heavy atom. The molecule has 0 saturated heterocycles. The Kier molecular flexibility index (Phi) is 6.26. The molecule has 0 aliphatic carbocycles. The highest BCUT2D eigenvalue weighted by Crippen LogP contribution is 2.24. The van der Waals surface area contributed by atoms with Gasteiger partial charge in [0, 0.05) is 18.5 Å². The van der Waals surface area contributed by atoms with E-state index in [0.29, 0.717) is 17.7 Å². The Morgan fingerprint density at radius 1 is 0.821 bits per heavy atom. The highest BCUT2D eigenvalue weighted by atomic mass is 32.2. The molecule has 3 aromatic carbocycles. The van der Waals surface area contributed by atoms with Crippen molar-refractivity contribution in [3.05, 3.63) is 96.1 Å². The fourth-order valence-corrected chi connectivity index (χ4v) is 4.47. The third-order valence-electron chi connectivity index (χ3n) is 4.51. The summed E-state index contributed by atoms with van der Waals surface area (Å²) in [5.41, 5.74) is 2.24. The van der Waals surface area contributed by atoms with E-state index in [1.165, 1.54) is 4.31 Å². The first kappa shape index (κ1) is 19.8. The molecular formula is C23H23NO3S. The van der Waals surface area contributed by atoms with Gasteiger partial charge in [0.15, 0.2) is 5.78 Å². The zero-order chi connectivity index (χ0) is 20.0. The number of carbonyl (C=O) groups excluding carboxylic acids is 1. The van der Waals surface area contributed by atoms with Crippen LogP contribution in [-0.4, -0.2) is 20.7 Å². The molecule has 0 fully saturated rings. The van der Waals surface area contributed by atoms with Crippen LogP contribution in [0.2, 0.25) is 0 Å². The van der Waals surface area contributed by atoms with E-state index in [-0.39, 0.29) is 23.6 Å². The summed E-state index contributed by atoms with van der Waals surface area (Å²) >= 11 is 0. The molecule has 0 saturated carbocycles. The van der Waals surface area contributed by atoms with Crippen LogP contribution >= 0.6 is 0 Å². The normalized spacial score (nSPS) is 11.2. The maximum absolute atomic E-state index is 13.2. The number of para-hydroxylation sites is 1. The second kappa shape index (κ2) is 8.85. The Morgan fingerprint density at radius 2 is 1.39 bits per heavy atom. The average Bonchev–Trinajstić information content (AvgIpc) is 2.72. The molecule has 0 bridgehead atoms. The molecular weight excluding hydrogens is 370 g/mol. The van der Waals surface area contributed by atoms with Crippen molar-refractivity contribution >= 4 is 21.5 Å². The van der Waals surface area contributed by atoms with Crippen LogP contribution in [-0.2, 0) is 10.0 Å². The number of hydrogen-bond donors (Lipinski definition) is 0. The van der Waals surface area contributed by atoms with Crippen molar-refractivity contribution in [2.24, 2.45) is 0 Å². The topological polar surface area (TPSA) is 54.5 Å². The highest BCUT2D eigenvalue weighted by Gasteiger charge is 2.24. The van der Waals surface area contributed by atoms with Crippen molar-refractivity contribution in [2.75, 3.05) is 10.8 Å². The van der Waals surface area contributed by atoms with Gasteiger partial charge in [-0.2, -0.15) is 0 Å². The molecule has 0 heterocycles. The van der Waals surface area contributed by atoms with Gasteiger partial charge in [0.25, 0.3) is 10.0 Å². The SMILES string of the molecule is Cc1ccc(S(=O)(=O)N(CCCC(=O)c2ccccc2)c2ccccc2)cc1. The van der Waals surface area contributed by atoms with E-state index in [4.69, 9.17) is 0 Å². The average molecular weight is 394 g/mol. The third-order valence-corrected chi connectivity index (χ3v) is 6.36. The Balaban J connectivity index is 1.80. The number of rotatable bonds is 8. The van der Waals surface area contributed by atoms with Crippen LogP contribution in [0.25, 0.3) is 0 Å². The largest absolute Gasteiger partial charge is 0.294 e. The molecule has 0 amide bonds. The number of carbonyl (C=O) groups is 1. The van der Waals surface area contributed by atoms with Crippen LogP contribution in [0, 0.1) is 6.92 Å². The molecule has 3 rings (SSSR count). The summed E-state index contributed by atoms with van der Waals surface area (Å²) in [6.07, 6.45) is 0.727. The summed E-state index contributed by atoms with van der Waals surface area (Å²) in [6.45, 7) is 2.15. The Hall–Kier alpha value is -2.92. The minimum atomic E-state index is -3.71. The van der Waals surface area contributed by atoms with E-state index in [1.54, 1.807) is 48.5 Å². The minimum Gasteiger partial charge on any atom is -0.294 e. The molecule has 3 aromatic rings. The van der Waals surface area contributed by atoms with Crippen molar-refractivity contribution in [3.8, 4) is 0 Å². The molecule has 28 heavy (non-hydrogen) atoms. The van der Waals surface area contributed by atoms with Crippen LogP contribution in [0.5, 0.6) is 0 Å². The first-order valence-electron chi connectivity index (χ1n) is 9.21. The first-order valence-corrected chi connectivity index (χ1v) is 10.7. The number of benzene rings is 3. The van der Waals surface area contributed by atoms with E-state index in [0.717, 1.165) is 5.56 Å². The lowest BCUT2D eigenvalue weighted by molar-refractivity contribution is 0.0981. The third kappa shape index (κ3) is 4.67. The predicted octanol–water partition coefficient (Wildman–Crippen LogP) is 4.85. The number of anilines is 1. The summed E-state index contributed by atoms with van der Waals surface area (Å²) in [7, 11) is -3.71. The van der Waals surface area contributed by atoms with Crippen molar-refractivity contribution in [1.29, 1.82) is 0 Å². The van der Waals surface area contributed by atoms with Crippen LogP contribution in [0.4, 0.5) is 5.69 Å². The molecule has 0 aromatic heterocycles. The molecule has 0 N–H and O–H groups in total. The van der Waals surface area contributed by atoms with Gasteiger partial charge in [-0.3, -0.25) is 9.10 Å². The van der Waals surface area contributed by atoms with Gasteiger partial charge in [-0.15, -0.1) is 0 Å². The number of hydrogen-bond acceptors (Lipinski definition) is 3. The smallest absolute Gasteiger partial charge is 0.264 e. The highest BCUT2D eigenvalue weighted by molar-refractivity contribution is 7.92. The maximum atomic E-state index is 13.2. The number of Topliss-reactive ketones (excluding diaryl/α,β-unsaturated/α-hetero) is 1. The van der Waals surface area contributed by atoms with Crippen LogP contribution in [0.3, 0.4) is 0 Å². The van der Waals surface area contributed by atoms with Crippen LogP contribution < -0.4 is 4.31 Å². The molecule has 4 nitrogen and oxygen atoms in total. The van der Waals surface area contributed by atoms with Crippen LogP contribution in [0.15, 0.2) is 89.8 Å². The van der Waals surface area contributed by atoms with Gasteiger partial charge in [0.2, 0.25) is 0 Å². The Bertz CT molecular complexity index is 1010. The molecule has 5 heteroatoms. The fourth-order valence-electron chi connectivity index (χ4n) is 2.97. The number of aryl methyl sites for hydroxylation is 1. The van der Waals surface area contributed by atoms with Crippen molar-refractivity contribution in [3.63, 3.8) is 0 Å². The molecule has 144 valence electrons. The summed E-state index contributed by atoms with van der Waals surface area (Å²) in [4.78, 5) is 12.6. The lowest BCUT2D eigenvalue weighted by Gasteiger charge is -2.24. The number of sulfonamides is 1. The Labute approximate surface area is 166 Å². The zero-order valence-corrected chi connectivity index (χ0v) is 16.6. The van der Waals surface area contributed by atoms with Gasteiger partial charge in [-0.1, -0.05) is 66.2 Å². The molecule has 0 unspecified atom stereocenters. The number of nitrogens with zero attached hydrogens (tertiary/aromatic N) is 1. The van der Waals surface area contributed by atoms with E-state index >= 15 is 0 Å². The van der Waals surface area contributed by atoms with Crippen molar-refractivity contribution in [1.82, 2.24) is 0 Å².